The number of hydrogen-bond acceptors (Lipinski definition) is 3. The number of Topliss-reactive ketones (excluding diaryl/α,β-unsaturated/α-hetero) is 1. The number of carbonyl (C=O) groups is 1. The van der Waals surface area contributed by atoms with Gasteiger partial charge in [-0.25, -0.2) is 12.7 Å². The maximum Gasteiger partial charge on any atom is 0.211 e. The van der Waals surface area contributed by atoms with Gasteiger partial charge in [-0.15, -0.1) is 0 Å². The summed E-state index contributed by atoms with van der Waals surface area (Å²) in [5.74, 6) is 0.984. The van der Waals surface area contributed by atoms with E-state index >= 15 is 0 Å². The van der Waals surface area contributed by atoms with Crippen molar-refractivity contribution >= 4 is 15.8 Å². The van der Waals surface area contributed by atoms with Gasteiger partial charge in [-0.3, -0.25) is 0 Å². The second kappa shape index (κ2) is 5.96. The van der Waals surface area contributed by atoms with E-state index in [1.54, 1.807) is 11.2 Å². The summed E-state index contributed by atoms with van der Waals surface area (Å²) in [7, 11) is -3.05. The fourth-order valence-corrected chi connectivity index (χ4v) is 3.61. The molecule has 1 fully saturated rings. The molecule has 1 heterocycles. The van der Waals surface area contributed by atoms with Crippen LogP contribution in [0.15, 0.2) is 0 Å². The second-order valence-corrected chi connectivity index (χ2v) is 7.36. The number of nitrogens with zero attached hydrogens (tertiary/aromatic N) is 1. The van der Waals surface area contributed by atoms with Crippen LogP contribution in [-0.4, -0.2) is 37.9 Å². The number of hydrogen-bond donors (Lipinski definition) is 0. The Morgan fingerprint density at radius 3 is 2.65 bits per heavy atom. The SMILES string of the molecule is CC(=O)CC(C)CC1CCCN(S(C)(=O)=O)C1. The maximum atomic E-state index is 11.5. The molecule has 0 aromatic carbocycles. The highest BCUT2D eigenvalue weighted by Crippen LogP contribution is 2.25. The molecule has 1 saturated heterocycles. The van der Waals surface area contributed by atoms with Crippen LogP contribution in [0.2, 0.25) is 0 Å². The molecule has 0 spiro atoms. The summed E-state index contributed by atoms with van der Waals surface area (Å²) in [5, 5.41) is 0. The Bertz CT molecular complexity index is 364. The minimum atomic E-state index is -3.05. The molecule has 0 bridgehead atoms. The molecule has 0 radical (unpaired) electrons. The zero-order valence-electron chi connectivity index (χ0n) is 11.0. The van der Waals surface area contributed by atoms with E-state index in [-0.39, 0.29) is 5.78 Å². The smallest absolute Gasteiger partial charge is 0.211 e. The fourth-order valence-electron chi connectivity index (χ4n) is 2.66. The summed E-state index contributed by atoms with van der Waals surface area (Å²) in [6.07, 6.45) is 4.84. The van der Waals surface area contributed by atoms with Crippen LogP contribution in [0.1, 0.15) is 39.5 Å². The average molecular weight is 261 g/mol. The fraction of sp³-hybridized carbons (Fsp3) is 0.917. The zero-order chi connectivity index (χ0) is 13.1. The minimum absolute atomic E-state index is 0.216. The van der Waals surface area contributed by atoms with Crippen LogP contribution < -0.4 is 0 Å². The molecule has 2 atom stereocenters. The van der Waals surface area contributed by atoms with Gasteiger partial charge in [0.25, 0.3) is 0 Å². The Labute approximate surface area is 104 Å². The molecule has 0 aromatic rings. The standard InChI is InChI=1S/C12H23NO3S/c1-10(7-11(2)14)8-12-5-4-6-13(9-12)17(3,15)16/h10,12H,4-9H2,1-3H3. The van der Waals surface area contributed by atoms with Crippen molar-refractivity contribution in [1.29, 1.82) is 0 Å². The van der Waals surface area contributed by atoms with Crippen LogP contribution >= 0.6 is 0 Å². The third kappa shape index (κ3) is 5.17. The first-order valence-electron chi connectivity index (χ1n) is 6.23. The third-order valence-corrected chi connectivity index (χ3v) is 4.59. The molecule has 0 amide bonds. The molecule has 17 heavy (non-hydrogen) atoms. The van der Waals surface area contributed by atoms with Gasteiger partial charge in [0.2, 0.25) is 10.0 Å². The van der Waals surface area contributed by atoms with Crippen molar-refractivity contribution < 1.29 is 13.2 Å². The normalized spacial score (nSPS) is 24.5. The first-order valence-corrected chi connectivity index (χ1v) is 8.08. The Morgan fingerprint density at radius 2 is 2.12 bits per heavy atom. The average Bonchev–Trinajstić information content (AvgIpc) is 2.15. The Morgan fingerprint density at radius 1 is 1.47 bits per heavy atom. The Hall–Kier alpha value is -0.420. The van der Waals surface area contributed by atoms with E-state index in [1.165, 1.54) is 6.26 Å². The Balaban J connectivity index is 2.47. The van der Waals surface area contributed by atoms with Crippen molar-refractivity contribution in [3.8, 4) is 0 Å². The van der Waals surface area contributed by atoms with Crippen LogP contribution in [0, 0.1) is 11.8 Å². The molecule has 1 aliphatic heterocycles. The van der Waals surface area contributed by atoms with Crippen LogP contribution in [0.3, 0.4) is 0 Å². The summed E-state index contributed by atoms with van der Waals surface area (Å²) in [5.41, 5.74) is 0. The molecule has 1 rings (SSSR count). The summed E-state index contributed by atoms with van der Waals surface area (Å²) < 4.78 is 24.5. The summed E-state index contributed by atoms with van der Waals surface area (Å²) in [4.78, 5) is 11.0. The van der Waals surface area contributed by atoms with Crippen molar-refractivity contribution in [1.82, 2.24) is 4.31 Å². The molecule has 0 saturated carbocycles. The number of sulfonamides is 1. The van der Waals surface area contributed by atoms with E-state index < -0.39 is 10.0 Å². The highest BCUT2D eigenvalue weighted by atomic mass is 32.2. The lowest BCUT2D eigenvalue weighted by Crippen LogP contribution is -2.39. The second-order valence-electron chi connectivity index (χ2n) is 5.38. The van der Waals surface area contributed by atoms with Crippen molar-refractivity contribution in [2.75, 3.05) is 19.3 Å². The summed E-state index contributed by atoms with van der Waals surface area (Å²) in [6, 6.07) is 0. The lowest BCUT2D eigenvalue weighted by Gasteiger charge is -2.32. The lowest BCUT2D eigenvalue weighted by molar-refractivity contribution is -0.117. The van der Waals surface area contributed by atoms with Gasteiger partial charge in [-0.1, -0.05) is 6.92 Å². The quantitative estimate of drug-likeness (QED) is 0.756. The van der Waals surface area contributed by atoms with Crippen LogP contribution in [0.25, 0.3) is 0 Å². The molecule has 5 heteroatoms. The van der Waals surface area contributed by atoms with Gasteiger partial charge in [-0.2, -0.15) is 0 Å². The van der Waals surface area contributed by atoms with E-state index in [2.05, 4.69) is 6.92 Å². The van der Waals surface area contributed by atoms with Gasteiger partial charge in [0, 0.05) is 19.5 Å². The molecular weight excluding hydrogens is 238 g/mol. The topological polar surface area (TPSA) is 54.5 Å². The molecule has 4 nitrogen and oxygen atoms in total. The largest absolute Gasteiger partial charge is 0.300 e. The number of rotatable bonds is 5. The summed E-state index contributed by atoms with van der Waals surface area (Å²) >= 11 is 0. The van der Waals surface area contributed by atoms with Gasteiger partial charge in [0.15, 0.2) is 0 Å². The first kappa shape index (κ1) is 14.6. The summed E-state index contributed by atoms with van der Waals surface area (Å²) in [6.45, 7) is 4.96. The molecule has 0 aromatic heterocycles. The highest BCUT2D eigenvalue weighted by molar-refractivity contribution is 7.88. The number of carbonyl (C=O) groups excluding carboxylic acids is 1. The third-order valence-electron chi connectivity index (χ3n) is 3.32. The molecule has 2 unspecified atom stereocenters. The van der Waals surface area contributed by atoms with Gasteiger partial charge < -0.3 is 4.79 Å². The molecular formula is C12H23NO3S. The first-order chi connectivity index (χ1) is 7.79. The van der Waals surface area contributed by atoms with Gasteiger partial charge >= 0.3 is 0 Å². The van der Waals surface area contributed by atoms with E-state index in [1.807, 2.05) is 0 Å². The zero-order valence-corrected chi connectivity index (χ0v) is 11.8. The minimum Gasteiger partial charge on any atom is -0.300 e. The van der Waals surface area contributed by atoms with Crippen molar-refractivity contribution in [2.24, 2.45) is 11.8 Å². The van der Waals surface area contributed by atoms with Crippen molar-refractivity contribution in [3.05, 3.63) is 0 Å². The van der Waals surface area contributed by atoms with Crippen molar-refractivity contribution in [2.45, 2.75) is 39.5 Å². The van der Waals surface area contributed by atoms with E-state index in [0.717, 1.165) is 19.3 Å². The monoisotopic (exact) mass is 261 g/mol. The number of ketones is 1. The maximum absolute atomic E-state index is 11.5. The van der Waals surface area contributed by atoms with E-state index in [0.29, 0.717) is 31.3 Å². The van der Waals surface area contributed by atoms with Crippen LogP contribution in [0.5, 0.6) is 0 Å². The molecule has 1 aliphatic rings. The molecule has 0 aliphatic carbocycles. The predicted octanol–water partition coefficient (Wildman–Crippen LogP) is 1.66. The van der Waals surface area contributed by atoms with Crippen molar-refractivity contribution in [3.63, 3.8) is 0 Å². The van der Waals surface area contributed by atoms with Gasteiger partial charge in [-0.05, 0) is 38.0 Å². The number of piperidine rings is 1. The van der Waals surface area contributed by atoms with E-state index in [4.69, 9.17) is 0 Å². The van der Waals surface area contributed by atoms with Gasteiger partial charge in [0.1, 0.15) is 5.78 Å². The van der Waals surface area contributed by atoms with Crippen LogP contribution in [0.4, 0.5) is 0 Å². The van der Waals surface area contributed by atoms with E-state index in [9.17, 15) is 13.2 Å². The molecule has 100 valence electrons. The molecule has 0 N–H and O–H groups in total. The predicted molar refractivity (Wildman–Crippen MR) is 68.2 cm³/mol. The van der Waals surface area contributed by atoms with Crippen LogP contribution in [-0.2, 0) is 14.8 Å². The van der Waals surface area contributed by atoms with Gasteiger partial charge in [0.05, 0.1) is 6.26 Å². The Kier molecular flexibility index (Phi) is 5.13. The lowest BCUT2D eigenvalue weighted by atomic mass is 9.88. The highest BCUT2D eigenvalue weighted by Gasteiger charge is 2.26.